The van der Waals surface area contributed by atoms with E-state index in [-0.39, 0.29) is 25.6 Å². The number of carbonyl (C=O) groups is 3. The Balaban J connectivity index is 1.68. The Kier molecular flexibility index (Phi) is 10.7. The highest BCUT2D eigenvalue weighted by Crippen LogP contribution is 2.13. The standard InChI is InChI=1S/C30H34N2O5/c1-3-22(2)27(29(34)36-20-24-15-9-5-10-16-24)32-28(33)26(19-23-13-7-4-8-14-23)31-30(35)37-21-25-17-11-6-12-18-25/h4-18,22,26-27H,3,19-21H2,1-2H3,(H,31,35)(H,32,33)/t22-,26+,27-/m0/s1. The molecule has 37 heavy (non-hydrogen) atoms. The number of nitrogens with one attached hydrogen (secondary N) is 2. The first-order valence-corrected chi connectivity index (χ1v) is 12.5. The Labute approximate surface area is 218 Å². The minimum absolute atomic E-state index is 0.0770. The molecule has 3 rings (SSSR count). The molecular weight excluding hydrogens is 468 g/mol. The number of benzene rings is 3. The van der Waals surface area contributed by atoms with E-state index in [1.807, 2.05) is 105 Å². The van der Waals surface area contributed by atoms with Gasteiger partial charge in [-0.15, -0.1) is 0 Å². The number of esters is 1. The van der Waals surface area contributed by atoms with Crippen molar-refractivity contribution in [1.29, 1.82) is 0 Å². The Morgan fingerprint density at radius 3 is 1.70 bits per heavy atom. The van der Waals surface area contributed by atoms with Crippen molar-refractivity contribution in [3.8, 4) is 0 Å². The summed E-state index contributed by atoms with van der Waals surface area (Å²) in [6.07, 6.45) is 0.174. The first kappa shape index (κ1) is 27.5. The van der Waals surface area contributed by atoms with E-state index in [0.717, 1.165) is 16.7 Å². The molecule has 0 fully saturated rings. The maximum absolute atomic E-state index is 13.4. The SMILES string of the molecule is CC[C@H](C)[C@H](NC(=O)[C@@H](Cc1ccccc1)NC(=O)OCc1ccccc1)C(=O)OCc1ccccc1. The minimum atomic E-state index is -0.945. The zero-order valence-corrected chi connectivity index (χ0v) is 21.3. The average molecular weight is 503 g/mol. The predicted octanol–water partition coefficient (Wildman–Crippen LogP) is 4.80. The van der Waals surface area contributed by atoms with Crippen LogP contribution in [0.2, 0.25) is 0 Å². The fraction of sp³-hybridized carbons (Fsp3) is 0.300. The molecule has 194 valence electrons. The van der Waals surface area contributed by atoms with Gasteiger partial charge in [-0.1, -0.05) is 111 Å². The van der Waals surface area contributed by atoms with Crippen molar-refractivity contribution < 1.29 is 23.9 Å². The van der Waals surface area contributed by atoms with Crippen molar-refractivity contribution in [2.24, 2.45) is 5.92 Å². The van der Waals surface area contributed by atoms with Crippen LogP contribution in [0, 0.1) is 5.92 Å². The van der Waals surface area contributed by atoms with Crippen LogP contribution in [0.1, 0.15) is 37.0 Å². The van der Waals surface area contributed by atoms with E-state index in [1.54, 1.807) is 0 Å². The van der Waals surface area contributed by atoms with Gasteiger partial charge in [0.25, 0.3) is 0 Å². The summed E-state index contributed by atoms with van der Waals surface area (Å²) in [6.45, 7) is 4.01. The second kappa shape index (κ2) is 14.4. The summed E-state index contributed by atoms with van der Waals surface area (Å²) in [5, 5.41) is 5.49. The molecule has 3 atom stereocenters. The van der Waals surface area contributed by atoms with Crippen molar-refractivity contribution in [3.05, 3.63) is 108 Å². The molecule has 0 heterocycles. The maximum Gasteiger partial charge on any atom is 0.408 e. The van der Waals surface area contributed by atoms with Crippen molar-refractivity contribution in [2.45, 2.75) is 52.0 Å². The Morgan fingerprint density at radius 1 is 0.703 bits per heavy atom. The topological polar surface area (TPSA) is 93.7 Å². The number of ether oxygens (including phenoxy) is 2. The summed E-state index contributed by atoms with van der Waals surface area (Å²) in [6, 6.07) is 26.2. The Hall–Kier alpha value is -4.13. The van der Waals surface area contributed by atoms with Gasteiger partial charge in [0.1, 0.15) is 25.3 Å². The molecule has 0 radical (unpaired) electrons. The molecule has 2 N–H and O–H groups in total. The number of carbonyl (C=O) groups excluding carboxylic acids is 3. The predicted molar refractivity (Wildman–Crippen MR) is 141 cm³/mol. The van der Waals surface area contributed by atoms with Gasteiger partial charge >= 0.3 is 12.1 Å². The Bertz CT molecular complexity index is 1120. The second-order valence-electron chi connectivity index (χ2n) is 8.91. The summed E-state index contributed by atoms with van der Waals surface area (Å²) in [5.74, 6) is -1.17. The van der Waals surface area contributed by atoms with Gasteiger partial charge in [-0.2, -0.15) is 0 Å². The van der Waals surface area contributed by atoms with E-state index in [0.29, 0.717) is 6.42 Å². The summed E-state index contributed by atoms with van der Waals surface area (Å²) >= 11 is 0. The van der Waals surface area contributed by atoms with Crippen molar-refractivity contribution in [2.75, 3.05) is 0 Å². The van der Waals surface area contributed by atoms with Gasteiger partial charge < -0.3 is 20.1 Å². The fourth-order valence-corrected chi connectivity index (χ4v) is 3.71. The van der Waals surface area contributed by atoms with Crippen molar-refractivity contribution in [1.82, 2.24) is 10.6 Å². The largest absolute Gasteiger partial charge is 0.459 e. The van der Waals surface area contributed by atoms with Crippen LogP contribution in [0.3, 0.4) is 0 Å². The van der Waals surface area contributed by atoms with Crippen LogP contribution in [-0.4, -0.2) is 30.1 Å². The number of rotatable bonds is 12. The van der Waals surface area contributed by atoms with Gasteiger partial charge in [0.05, 0.1) is 0 Å². The van der Waals surface area contributed by atoms with Crippen molar-refractivity contribution in [3.63, 3.8) is 0 Å². The minimum Gasteiger partial charge on any atom is -0.459 e. The number of hydrogen-bond acceptors (Lipinski definition) is 5. The number of hydrogen-bond donors (Lipinski definition) is 2. The van der Waals surface area contributed by atoms with E-state index in [4.69, 9.17) is 9.47 Å². The molecule has 0 saturated carbocycles. The summed E-state index contributed by atoms with van der Waals surface area (Å²) in [7, 11) is 0. The second-order valence-corrected chi connectivity index (χ2v) is 8.91. The summed E-state index contributed by atoms with van der Waals surface area (Å²) in [5.41, 5.74) is 2.55. The zero-order valence-electron chi connectivity index (χ0n) is 21.3. The average Bonchev–Trinajstić information content (AvgIpc) is 2.94. The molecule has 2 amide bonds. The molecule has 0 aliphatic heterocycles. The Morgan fingerprint density at radius 2 is 1.19 bits per heavy atom. The van der Waals surface area contributed by atoms with E-state index >= 15 is 0 Å². The van der Waals surface area contributed by atoms with E-state index in [9.17, 15) is 14.4 Å². The van der Waals surface area contributed by atoms with E-state index in [1.165, 1.54) is 0 Å². The molecule has 0 saturated heterocycles. The molecule has 0 aliphatic carbocycles. The smallest absolute Gasteiger partial charge is 0.408 e. The lowest BCUT2D eigenvalue weighted by Crippen LogP contribution is -2.54. The third-order valence-corrected chi connectivity index (χ3v) is 6.09. The molecule has 0 aromatic heterocycles. The van der Waals surface area contributed by atoms with Gasteiger partial charge in [-0.3, -0.25) is 4.79 Å². The molecule has 3 aromatic carbocycles. The third-order valence-electron chi connectivity index (χ3n) is 6.09. The van der Waals surface area contributed by atoms with Crippen LogP contribution in [0.25, 0.3) is 0 Å². The van der Waals surface area contributed by atoms with Gasteiger partial charge in [0, 0.05) is 6.42 Å². The summed E-state index contributed by atoms with van der Waals surface area (Å²) < 4.78 is 10.8. The lowest BCUT2D eigenvalue weighted by Gasteiger charge is -2.26. The molecule has 0 bridgehead atoms. The fourth-order valence-electron chi connectivity index (χ4n) is 3.71. The van der Waals surface area contributed by atoms with Crippen LogP contribution in [-0.2, 0) is 38.7 Å². The van der Waals surface area contributed by atoms with Crippen LogP contribution < -0.4 is 10.6 Å². The molecule has 3 aromatic rings. The number of alkyl carbamates (subject to hydrolysis) is 1. The van der Waals surface area contributed by atoms with Crippen LogP contribution in [0.15, 0.2) is 91.0 Å². The normalized spacial score (nSPS) is 13.0. The van der Waals surface area contributed by atoms with Crippen molar-refractivity contribution >= 4 is 18.0 Å². The molecule has 7 heteroatoms. The van der Waals surface area contributed by atoms with Crippen LogP contribution in [0.4, 0.5) is 4.79 Å². The molecule has 0 unspecified atom stereocenters. The molecule has 7 nitrogen and oxygen atoms in total. The first-order chi connectivity index (χ1) is 18.0. The zero-order chi connectivity index (χ0) is 26.5. The van der Waals surface area contributed by atoms with Gasteiger partial charge in [-0.25, -0.2) is 9.59 Å². The highest BCUT2D eigenvalue weighted by atomic mass is 16.5. The molecule has 0 spiro atoms. The maximum atomic E-state index is 13.4. The third kappa shape index (κ3) is 9.11. The lowest BCUT2D eigenvalue weighted by atomic mass is 9.98. The van der Waals surface area contributed by atoms with Gasteiger partial charge in [0.2, 0.25) is 5.91 Å². The van der Waals surface area contributed by atoms with Crippen LogP contribution >= 0.6 is 0 Å². The lowest BCUT2D eigenvalue weighted by molar-refractivity contribution is -0.150. The van der Waals surface area contributed by atoms with E-state index < -0.39 is 30.1 Å². The highest BCUT2D eigenvalue weighted by molar-refractivity contribution is 5.90. The highest BCUT2D eigenvalue weighted by Gasteiger charge is 2.31. The van der Waals surface area contributed by atoms with Gasteiger partial charge in [0.15, 0.2) is 0 Å². The molecular formula is C30H34N2O5. The first-order valence-electron chi connectivity index (χ1n) is 12.5. The van der Waals surface area contributed by atoms with Gasteiger partial charge in [-0.05, 0) is 22.6 Å². The van der Waals surface area contributed by atoms with Crippen LogP contribution in [0.5, 0.6) is 0 Å². The molecule has 0 aliphatic rings. The van der Waals surface area contributed by atoms with E-state index in [2.05, 4.69) is 10.6 Å². The monoisotopic (exact) mass is 502 g/mol. The number of amides is 2. The summed E-state index contributed by atoms with van der Waals surface area (Å²) in [4.78, 5) is 38.9. The quantitative estimate of drug-likeness (QED) is 0.347.